The number of carbonyl (C=O) groups excluding carboxylic acids is 1. The molecule has 3 aromatic heterocycles. The smallest absolute Gasteiger partial charge is 0.223 e. The lowest BCUT2D eigenvalue weighted by atomic mass is 9.90. The first-order valence-electron chi connectivity index (χ1n) is 14.1. The molecule has 4 heterocycles. The molecule has 4 rings (SSSR count). The van der Waals surface area contributed by atoms with E-state index in [4.69, 9.17) is 15.5 Å². The average Bonchev–Trinajstić information content (AvgIpc) is 3.34. The van der Waals surface area contributed by atoms with Crippen molar-refractivity contribution in [3.05, 3.63) is 29.7 Å². The second-order valence-electron chi connectivity index (χ2n) is 10.7. The monoisotopic (exact) mass is 553 g/mol. The van der Waals surface area contributed by atoms with Crippen LogP contribution >= 0.6 is 0 Å². The number of hydrogen-bond donors (Lipinski definition) is 3. The molecule has 0 spiro atoms. The molecule has 0 aromatic carbocycles. The number of nitrogens with two attached hydrogens (primary N) is 1. The number of likely N-dealkylation sites (tertiary alicyclic amines) is 1. The number of nitrogen functional groups attached to an aromatic ring is 1. The molecule has 1 aliphatic rings. The maximum Gasteiger partial charge on any atom is 0.223 e. The number of aliphatic hydroxyl groups is 1. The first-order chi connectivity index (χ1) is 19.3. The number of nitrogens with zero attached hydrogens (tertiary/aromatic N) is 7. The number of methoxy groups -OCH3 is 1. The van der Waals surface area contributed by atoms with Gasteiger partial charge in [-0.3, -0.25) is 14.5 Å². The predicted molar refractivity (Wildman–Crippen MR) is 155 cm³/mol. The van der Waals surface area contributed by atoms with Crippen LogP contribution in [0.1, 0.15) is 62.6 Å². The van der Waals surface area contributed by atoms with Gasteiger partial charge in [0.25, 0.3) is 0 Å². The summed E-state index contributed by atoms with van der Waals surface area (Å²) in [4.78, 5) is 30.2. The van der Waals surface area contributed by atoms with E-state index in [1.807, 2.05) is 30.1 Å². The zero-order chi connectivity index (χ0) is 28.6. The van der Waals surface area contributed by atoms with E-state index >= 15 is 0 Å². The van der Waals surface area contributed by atoms with E-state index in [1.54, 1.807) is 18.0 Å². The summed E-state index contributed by atoms with van der Waals surface area (Å²) in [7, 11) is 5.62. The molecule has 1 fully saturated rings. The molecule has 40 heavy (non-hydrogen) atoms. The molecular formula is C28H43N9O3. The summed E-state index contributed by atoms with van der Waals surface area (Å²) in [5.74, 6) is 2.00. The SMILES string of the molecule is CCC[C@@H](CCO)Nc1nc(N)nc2cnn(Cc3ncc(C4CCN(C(=O)CCN(C)C)CC4)cc3OC)c12. The summed E-state index contributed by atoms with van der Waals surface area (Å²) in [6.45, 7) is 4.85. The van der Waals surface area contributed by atoms with Gasteiger partial charge in [-0.25, -0.2) is 4.98 Å². The molecule has 3 aromatic rings. The number of pyridine rings is 1. The molecule has 4 N–H and O–H groups in total. The van der Waals surface area contributed by atoms with Crippen molar-refractivity contribution < 1.29 is 14.6 Å². The van der Waals surface area contributed by atoms with E-state index in [-0.39, 0.29) is 24.5 Å². The Labute approximate surface area is 235 Å². The second-order valence-corrected chi connectivity index (χ2v) is 10.7. The van der Waals surface area contributed by atoms with Crippen molar-refractivity contribution in [1.82, 2.24) is 34.5 Å². The number of amides is 1. The molecule has 12 heteroatoms. The molecule has 1 amide bonds. The minimum Gasteiger partial charge on any atom is -0.495 e. The van der Waals surface area contributed by atoms with Crippen LogP contribution in [0.25, 0.3) is 11.0 Å². The highest BCUT2D eigenvalue weighted by molar-refractivity contribution is 5.86. The Hall–Kier alpha value is -3.51. The molecule has 1 saturated heterocycles. The van der Waals surface area contributed by atoms with Crippen LogP contribution in [0.2, 0.25) is 0 Å². The number of aromatic nitrogens is 5. The van der Waals surface area contributed by atoms with Crippen LogP contribution in [-0.4, -0.2) is 99.0 Å². The van der Waals surface area contributed by atoms with E-state index in [1.165, 1.54) is 0 Å². The van der Waals surface area contributed by atoms with Gasteiger partial charge in [0.2, 0.25) is 11.9 Å². The van der Waals surface area contributed by atoms with Gasteiger partial charge in [-0.05, 0) is 57.3 Å². The van der Waals surface area contributed by atoms with E-state index in [0.29, 0.717) is 42.4 Å². The third kappa shape index (κ3) is 7.16. The zero-order valence-corrected chi connectivity index (χ0v) is 24.1. The van der Waals surface area contributed by atoms with E-state index in [9.17, 15) is 9.90 Å². The minimum atomic E-state index is 0.0532. The van der Waals surface area contributed by atoms with Gasteiger partial charge in [0.15, 0.2) is 5.82 Å². The fraction of sp³-hybridized carbons (Fsp3) is 0.607. The molecular weight excluding hydrogens is 510 g/mol. The highest BCUT2D eigenvalue weighted by atomic mass is 16.5. The fourth-order valence-electron chi connectivity index (χ4n) is 5.31. The molecule has 1 atom stereocenters. The Balaban J connectivity index is 1.50. The molecule has 0 bridgehead atoms. The number of rotatable bonds is 13. The molecule has 12 nitrogen and oxygen atoms in total. The first kappa shape index (κ1) is 29.5. The van der Waals surface area contributed by atoms with E-state index < -0.39 is 0 Å². The molecule has 218 valence electrons. The summed E-state index contributed by atoms with van der Waals surface area (Å²) >= 11 is 0. The van der Waals surface area contributed by atoms with Crippen molar-refractivity contribution in [2.45, 2.75) is 64.0 Å². The number of hydrogen-bond acceptors (Lipinski definition) is 10. The van der Waals surface area contributed by atoms with Gasteiger partial charge in [-0.2, -0.15) is 10.1 Å². The van der Waals surface area contributed by atoms with Crippen LogP contribution in [0.3, 0.4) is 0 Å². The normalized spacial score (nSPS) is 15.1. The maximum atomic E-state index is 12.5. The van der Waals surface area contributed by atoms with Crippen LogP contribution in [-0.2, 0) is 11.3 Å². The Kier molecular flexibility index (Phi) is 10.1. The number of anilines is 2. The van der Waals surface area contributed by atoms with Crippen molar-refractivity contribution in [3.8, 4) is 5.75 Å². The number of ether oxygens (including phenoxy) is 1. The highest BCUT2D eigenvalue weighted by Crippen LogP contribution is 2.32. The lowest BCUT2D eigenvalue weighted by Gasteiger charge is -2.32. The van der Waals surface area contributed by atoms with Gasteiger partial charge < -0.3 is 30.7 Å². The average molecular weight is 554 g/mol. The predicted octanol–water partition coefficient (Wildman–Crippen LogP) is 2.48. The number of carbonyl (C=O) groups is 1. The number of nitrogens with one attached hydrogen (secondary N) is 1. The van der Waals surface area contributed by atoms with Crippen LogP contribution in [0.5, 0.6) is 5.75 Å². The molecule has 0 saturated carbocycles. The topological polar surface area (TPSA) is 148 Å². The third-order valence-corrected chi connectivity index (χ3v) is 7.52. The summed E-state index contributed by atoms with van der Waals surface area (Å²) < 4.78 is 7.57. The van der Waals surface area contributed by atoms with Crippen LogP contribution in [0, 0.1) is 0 Å². The maximum absolute atomic E-state index is 12.5. The molecule has 0 radical (unpaired) electrons. The van der Waals surface area contributed by atoms with Crippen molar-refractivity contribution >= 4 is 28.7 Å². The summed E-state index contributed by atoms with van der Waals surface area (Å²) in [5, 5.41) is 17.5. The highest BCUT2D eigenvalue weighted by Gasteiger charge is 2.25. The lowest BCUT2D eigenvalue weighted by molar-refractivity contribution is -0.132. The Morgan fingerprint density at radius 2 is 2.02 bits per heavy atom. The number of aliphatic hydroxyl groups excluding tert-OH is 1. The van der Waals surface area contributed by atoms with Crippen molar-refractivity contribution in [2.75, 3.05) is 58.5 Å². The molecule has 0 unspecified atom stereocenters. The van der Waals surface area contributed by atoms with Gasteiger partial charge in [0.1, 0.15) is 22.5 Å². The Morgan fingerprint density at radius 3 is 2.70 bits per heavy atom. The quantitative estimate of drug-likeness (QED) is 0.288. The number of piperidine rings is 1. The number of fused-ring (bicyclic) bond motifs is 1. The summed E-state index contributed by atoms with van der Waals surface area (Å²) in [5.41, 5.74) is 9.22. The molecule has 0 aliphatic carbocycles. The minimum absolute atomic E-state index is 0.0532. The van der Waals surface area contributed by atoms with Crippen LogP contribution in [0.15, 0.2) is 18.5 Å². The van der Waals surface area contributed by atoms with Crippen LogP contribution < -0.4 is 15.8 Å². The largest absolute Gasteiger partial charge is 0.495 e. The van der Waals surface area contributed by atoms with Crippen LogP contribution in [0.4, 0.5) is 11.8 Å². The standard InChI is InChI=1S/C28H43N9O3/c1-5-6-21(10-14-38)32-27-26-22(33-28(29)34-27)17-31-37(26)18-23-24(40-4)15-20(16-30-23)19-7-12-36(13-8-19)25(39)9-11-35(2)3/h15-17,19,21,38H,5-14,18H2,1-4H3,(H3,29,32,33,34)/t21-/m0/s1. The van der Waals surface area contributed by atoms with E-state index in [2.05, 4.69) is 33.4 Å². The van der Waals surface area contributed by atoms with Gasteiger partial charge in [-0.1, -0.05) is 13.3 Å². The van der Waals surface area contributed by atoms with Crippen molar-refractivity contribution in [2.24, 2.45) is 0 Å². The van der Waals surface area contributed by atoms with Gasteiger partial charge in [-0.15, -0.1) is 0 Å². The van der Waals surface area contributed by atoms with Gasteiger partial charge in [0, 0.05) is 44.9 Å². The summed E-state index contributed by atoms with van der Waals surface area (Å²) in [6, 6.07) is 2.12. The van der Waals surface area contributed by atoms with E-state index in [0.717, 1.165) is 62.1 Å². The van der Waals surface area contributed by atoms with Gasteiger partial charge >= 0.3 is 0 Å². The first-order valence-corrected chi connectivity index (χ1v) is 14.1. The zero-order valence-electron chi connectivity index (χ0n) is 24.1. The Morgan fingerprint density at radius 1 is 1.25 bits per heavy atom. The summed E-state index contributed by atoms with van der Waals surface area (Å²) in [6.07, 6.45) is 8.43. The fourth-order valence-corrected chi connectivity index (χ4v) is 5.31. The van der Waals surface area contributed by atoms with Crippen molar-refractivity contribution in [1.29, 1.82) is 0 Å². The lowest BCUT2D eigenvalue weighted by Crippen LogP contribution is -2.39. The van der Waals surface area contributed by atoms with Gasteiger partial charge in [0.05, 0.1) is 19.9 Å². The van der Waals surface area contributed by atoms with Crippen molar-refractivity contribution in [3.63, 3.8) is 0 Å². The second kappa shape index (κ2) is 13.7. The Bertz CT molecular complexity index is 1270. The molecule has 1 aliphatic heterocycles. The third-order valence-electron chi connectivity index (χ3n) is 7.52.